The zero-order valence-electron chi connectivity index (χ0n) is 20.1. The summed E-state index contributed by atoms with van der Waals surface area (Å²) >= 11 is 4.28. The number of hydrogen-bond acceptors (Lipinski definition) is 10. The number of tetrazole rings is 1. The number of carbonyl (C=O) groups is 2. The molecular weight excluding hydrogens is 536 g/mol. The standard InChI is InChI=1S/C24H30N4O6S3/c29-19(30)11-7-13-28-24(25-26-27-28)37-22(21(31)23(32)33)17-9-3-4-10-18(17)35-15-6-2-1-5-14-34-20-12-8-16-36-20/h3-4,8-10,12,16,21-22,31H,1-2,5-7,11,13-15H2,(H,29,30)(H,32,33). The van der Waals surface area contributed by atoms with Crippen molar-refractivity contribution in [3.05, 3.63) is 47.3 Å². The van der Waals surface area contributed by atoms with Crippen LogP contribution in [0.1, 0.15) is 49.3 Å². The Kier molecular flexibility index (Phi) is 12.2. The summed E-state index contributed by atoms with van der Waals surface area (Å²) in [5.74, 6) is -1.40. The first-order chi connectivity index (χ1) is 18.0. The van der Waals surface area contributed by atoms with Crippen LogP contribution in [0, 0.1) is 0 Å². The Balaban J connectivity index is 1.57. The summed E-state index contributed by atoms with van der Waals surface area (Å²) in [5, 5.41) is 42.9. The molecule has 0 aliphatic carbocycles. The summed E-state index contributed by atoms with van der Waals surface area (Å²) < 4.78 is 7.12. The number of aryl methyl sites for hydroxylation is 1. The molecule has 200 valence electrons. The van der Waals surface area contributed by atoms with Crippen LogP contribution in [0.5, 0.6) is 5.06 Å². The van der Waals surface area contributed by atoms with E-state index < -0.39 is 23.3 Å². The number of thiophene rings is 1. The second kappa shape index (κ2) is 15.6. The van der Waals surface area contributed by atoms with Gasteiger partial charge in [-0.25, -0.2) is 9.48 Å². The molecule has 0 spiro atoms. The lowest BCUT2D eigenvalue weighted by Gasteiger charge is -2.22. The SMILES string of the molecule is O=C(O)CCCn1nnnc1SC(c1ccccc1SCCCCCCOc1cccs1)C(O)C(=O)O. The quantitative estimate of drug-likeness (QED) is 0.146. The Labute approximate surface area is 227 Å². The van der Waals surface area contributed by atoms with E-state index in [1.807, 2.05) is 41.8 Å². The Bertz CT molecular complexity index is 1110. The Hall–Kier alpha value is -2.61. The van der Waals surface area contributed by atoms with Crippen LogP contribution in [0.4, 0.5) is 0 Å². The van der Waals surface area contributed by atoms with E-state index in [1.54, 1.807) is 23.1 Å². The fourth-order valence-corrected chi connectivity index (χ4v) is 6.36. The van der Waals surface area contributed by atoms with Gasteiger partial charge < -0.3 is 20.1 Å². The molecule has 2 heterocycles. The summed E-state index contributed by atoms with van der Waals surface area (Å²) in [6.07, 6.45) is 2.72. The lowest BCUT2D eigenvalue weighted by molar-refractivity contribution is -0.146. The van der Waals surface area contributed by atoms with E-state index in [2.05, 4.69) is 15.5 Å². The first-order valence-corrected chi connectivity index (χ1v) is 14.6. The molecule has 13 heteroatoms. The van der Waals surface area contributed by atoms with Crippen molar-refractivity contribution in [3.8, 4) is 5.06 Å². The predicted octanol–water partition coefficient (Wildman–Crippen LogP) is 4.61. The number of carboxylic acid groups (broad SMARTS) is 2. The minimum atomic E-state index is -1.68. The smallest absolute Gasteiger partial charge is 0.334 e. The minimum absolute atomic E-state index is 0.0354. The van der Waals surface area contributed by atoms with Crippen LogP contribution in [-0.4, -0.2) is 65.9 Å². The van der Waals surface area contributed by atoms with Gasteiger partial charge in [-0.1, -0.05) is 42.8 Å². The van der Waals surface area contributed by atoms with Crippen molar-refractivity contribution >= 4 is 46.8 Å². The maximum absolute atomic E-state index is 11.7. The fraction of sp³-hybridized carbons (Fsp3) is 0.458. The molecule has 37 heavy (non-hydrogen) atoms. The topological polar surface area (TPSA) is 148 Å². The number of benzene rings is 1. The largest absolute Gasteiger partial charge is 0.484 e. The number of aliphatic hydroxyl groups excluding tert-OH is 1. The third kappa shape index (κ3) is 9.65. The molecular formula is C24H30N4O6S3. The molecule has 0 saturated heterocycles. The molecule has 2 aromatic heterocycles. The van der Waals surface area contributed by atoms with Gasteiger partial charge in [0.05, 0.1) is 11.9 Å². The van der Waals surface area contributed by atoms with E-state index in [0.717, 1.165) is 53.2 Å². The van der Waals surface area contributed by atoms with E-state index in [-0.39, 0.29) is 13.0 Å². The first kappa shape index (κ1) is 29.0. The van der Waals surface area contributed by atoms with E-state index in [0.29, 0.717) is 23.7 Å². The molecule has 0 saturated carbocycles. The average Bonchev–Trinajstić information content (AvgIpc) is 3.56. The van der Waals surface area contributed by atoms with Gasteiger partial charge in [0, 0.05) is 17.9 Å². The molecule has 3 aromatic rings. The third-order valence-corrected chi connectivity index (χ3v) is 8.52. The highest BCUT2D eigenvalue weighted by Gasteiger charge is 2.32. The molecule has 0 amide bonds. The predicted molar refractivity (Wildman–Crippen MR) is 142 cm³/mol. The molecule has 2 atom stereocenters. The van der Waals surface area contributed by atoms with Gasteiger partial charge in [0.15, 0.2) is 11.2 Å². The third-order valence-electron chi connectivity index (χ3n) is 5.29. The van der Waals surface area contributed by atoms with Crippen LogP contribution in [0.25, 0.3) is 0 Å². The molecule has 0 aliphatic rings. The zero-order valence-corrected chi connectivity index (χ0v) is 22.6. The Morgan fingerprint density at radius 1 is 1.05 bits per heavy atom. The van der Waals surface area contributed by atoms with Gasteiger partial charge in [0.1, 0.15) is 0 Å². The lowest BCUT2D eigenvalue weighted by atomic mass is 10.1. The van der Waals surface area contributed by atoms with E-state index >= 15 is 0 Å². The molecule has 3 N–H and O–H groups in total. The molecule has 2 unspecified atom stereocenters. The number of aliphatic carboxylic acids is 2. The Morgan fingerprint density at radius 2 is 1.86 bits per heavy atom. The van der Waals surface area contributed by atoms with Crippen LogP contribution >= 0.6 is 34.9 Å². The highest BCUT2D eigenvalue weighted by molar-refractivity contribution is 8.00. The number of rotatable bonds is 18. The van der Waals surface area contributed by atoms with Crippen molar-refractivity contribution in [3.63, 3.8) is 0 Å². The molecule has 10 nitrogen and oxygen atoms in total. The van der Waals surface area contributed by atoms with E-state index in [1.165, 1.54) is 4.68 Å². The van der Waals surface area contributed by atoms with Crippen LogP contribution < -0.4 is 4.74 Å². The monoisotopic (exact) mass is 566 g/mol. The van der Waals surface area contributed by atoms with Gasteiger partial charge in [-0.3, -0.25) is 4.79 Å². The minimum Gasteiger partial charge on any atom is -0.484 e. The average molecular weight is 567 g/mol. The molecule has 0 bridgehead atoms. The summed E-state index contributed by atoms with van der Waals surface area (Å²) in [5.41, 5.74) is 0.692. The number of aliphatic hydroxyl groups is 1. The van der Waals surface area contributed by atoms with Crippen LogP contribution in [0.15, 0.2) is 51.8 Å². The van der Waals surface area contributed by atoms with Gasteiger partial charge in [-0.05, 0) is 64.6 Å². The van der Waals surface area contributed by atoms with Crippen LogP contribution in [0.2, 0.25) is 0 Å². The summed E-state index contributed by atoms with van der Waals surface area (Å²) in [7, 11) is 0. The van der Waals surface area contributed by atoms with Crippen LogP contribution in [0.3, 0.4) is 0 Å². The zero-order chi connectivity index (χ0) is 26.5. The first-order valence-electron chi connectivity index (χ1n) is 11.9. The molecule has 0 fully saturated rings. The fourth-order valence-electron chi connectivity index (χ4n) is 3.45. The van der Waals surface area contributed by atoms with E-state index in [9.17, 15) is 19.8 Å². The summed E-state index contributed by atoms with van der Waals surface area (Å²) in [6.45, 7) is 0.977. The molecule has 3 rings (SSSR count). The number of hydrogen-bond donors (Lipinski definition) is 3. The molecule has 0 radical (unpaired) electrons. The molecule has 0 aliphatic heterocycles. The van der Waals surface area contributed by atoms with Crippen molar-refractivity contribution in [1.29, 1.82) is 0 Å². The number of aromatic nitrogens is 4. The number of carboxylic acids is 2. The van der Waals surface area contributed by atoms with Gasteiger partial charge in [0.25, 0.3) is 0 Å². The van der Waals surface area contributed by atoms with Crippen LogP contribution in [-0.2, 0) is 16.1 Å². The number of unbranched alkanes of at least 4 members (excludes halogenated alkanes) is 3. The maximum atomic E-state index is 11.7. The Morgan fingerprint density at radius 3 is 2.62 bits per heavy atom. The number of thioether (sulfide) groups is 2. The van der Waals surface area contributed by atoms with E-state index in [4.69, 9.17) is 9.84 Å². The van der Waals surface area contributed by atoms with Crippen molar-refractivity contribution in [2.45, 2.75) is 66.5 Å². The second-order valence-electron chi connectivity index (χ2n) is 8.08. The molecule has 1 aromatic carbocycles. The van der Waals surface area contributed by atoms with Gasteiger partial charge in [-0.2, -0.15) is 0 Å². The van der Waals surface area contributed by atoms with Crippen molar-refractivity contribution in [2.24, 2.45) is 0 Å². The van der Waals surface area contributed by atoms with Gasteiger partial charge >= 0.3 is 11.9 Å². The number of ether oxygens (including phenoxy) is 1. The van der Waals surface area contributed by atoms with Gasteiger partial charge in [-0.15, -0.1) is 28.2 Å². The summed E-state index contributed by atoms with van der Waals surface area (Å²) in [6, 6.07) is 11.4. The lowest BCUT2D eigenvalue weighted by Crippen LogP contribution is -2.26. The normalized spacial score (nSPS) is 12.8. The highest BCUT2D eigenvalue weighted by atomic mass is 32.2. The van der Waals surface area contributed by atoms with Gasteiger partial charge in [0.2, 0.25) is 5.16 Å². The van der Waals surface area contributed by atoms with Crippen molar-refractivity contribution in [1.82, 2.24) is 20.2 Å². The highest BCUT2D eigenvalue weighted by Crippen LogP contribution is 2.41. The van der Waals surface area contributed by atoms with Crippen molar-refractivity contribution < 1.29 is 29.6 Å². The summed E-state index contributed by atoms with van der Waals surface area (Å²) in [4.78, 5) is 23.5. The van der Waals surface area contributed by atoms with Crippen molar-refractivity contribution in [2.75, 3.05) is 12.4 Å². The second-order valence-corrected chi connectivity index (χ2v) is 11.2. The number of nitrogens with zero attached hydrogens (tertiary/aromatic N) is 4. The maximum Gasteiger partial charge on any atom is 0.334 e.